The molecule has 0 aliphatic carbocycles. The van der Waals surface area contributed by atoms with Crippen LogP contribution in [0.5, 0.6) is 0 Å². The summed E-state index contributed by atoms with van der Waals surface area (Å²) in [5.74, 6) is -0.376. The van der Waals surface area contributed by atoms with Crippen LogP contribution in [0.1, 0.15) is 41.9 Å². The maximum Gasteiger partial charge on any atom is 0.244 e. The zero-order chi connectivity index (χ0) is 28.3. The summed E-state index contributed by atoms with van der Waals surface area (Å²) in [5, 5.41) is 3.00. The van der Waals surface area contributed by atoms with E-state index in [-0.39, 0.29) is 35.6 Å². The van der Waals surface area contributed by atoms with Gasteiger partial charge in [0, 0.05) is 37.7 Å². The Morgan fingerprint density at radius 2 is 1.65 bits per heavy atom. The summed E-state index contributed by atoms with van der Waals surface area (Å²) in [6.45, 7) is 2.12. The minimum absolute atomic E-state index is 0.00760. The Balaban J connectivity index is 1.48. The molecule has 0 aromatic heterocycles. The van der Waals surface area contributed by atoms with Crippen LogP contribution in [0.4, 0.5) is 4.39 Å². The van der Waals surface area contributed by atoms with Gasteiger partial charge in [0.25, 0.3) is 0 Å². The van der Waals surface area contributed by atoms with Crippen LogP contribution in [0.3, 0.4) is 0 Å². The van der Waals surface area contributed by atoms with Crippen LogP contribution in [0.25, 0.3) is 6.08 Å². The zero-order valence-electron chi connectivity index (χ0n) is 23.1. The molecule has 1 saturated heterocycles. The summed E-state index contributed by atoms with van der Waals surface area (Å²) in [4.78, 5) is 30.6. The fourth-order valence-corrected chi connectivity index (χ4v) is 5.34. The van der Waals surface area contributed by atoms with E-state index >= 15 is 0 Å². The molecule has 1 heterocycles. The Morgan fingerprint density at radius 3 is 2.25 bits per heavy atom. The fraction of sp³-hybridized carbons (Fsp3) is 0.333. The van der Waals surface area contributed by atoms with Gasteiger partial charge in [-0.2, -0.15) is 0 Å². The summed E-state index contributed by atoms with van der Waals surface area (Å²) < 4.78 is 13.1. The molecule has 40 heavy (non-hydrogen) atoms. The van der Waals surface area contributed by atoms with Gasteiger partial charge < -0.3 is 16.0 Å². The SMILES string of the molecule is CN1C(CNC(=O)C=Cc2ccc(F)cc2)CCN(CC(c2ccccc2)c2ccccc2)C(=O)C1CCCN. The van der Waals surface area contributed by atoms with Crippen LogP contribution in [0.2, 0.25) is 0 Å². The molecule has 0 radical (unpaired) electrons. The summed E-state index contributed by atoms with van der Waals surface area (Å²) in [7, 11) is 1.97. The van der Waals surface area contributed by atoms with E-state index in [0.717, 1.165) is 18.4 Å². The van der Waals surface area contributed by atoms with Gasteiger partial charge in [0.05, 0.1) is 6.04 Å². The van der Waals surface area contributed by atoms with E-state index in [1.54, 1.807) is 18.2 Å². The van der Waals surface area contributed by atoms with Gasteiger partial charge in [0.2, 0.25) is 11.8 Å². The van der Waals surface area contributed by atoms with Gasteiger partial charge in [-0.1, -0.05) is 72.8 Å². The van der Waals surface area contributed by atoms with Crippen LogP contribution >= 0.6 is 0 Å². The van der Waals surface area contributed by atoms with Crippen molar-refractivity contribution in [2.45, 2.75) is 37.3 Å². The standard InChI is InChI=1S/C33H39FN4O2/c1-37-29(23-36-32(39)19-16-25-14-17-28(34)18-15-25)20-22-38(33(40)31(37)13-8-21-35)24-30(26-9-4-2-5-10-26)27-11-6-3-7-12-27/h2-7,9-12,14-19,29-31H,8,13,20-24,35H2,1H3,(H,36,39). The largest absolute Gasteiger partial charge is 0.351 e. The molecule has 2 amide bonds. The predicted octanol–water partition coefficient (Wildman–Crippen LogP) is 4.43. The zero-order valence-corrected chi connectivity index (χ0v) is 23.1. The van der Waals surface area contributed by atoms with E-state index in [1.165, 1.54) is 29.3 Å². The lowest BCUT2D eigenvalue weighted by Crippen LogP contribution is -2.50. The molecule has 1 aliphatic heterocycles. The number of hydrogen-bond acceptors (Lipinski definition) is 4. The molecular weight excluding hydrogens is 503 g/mol. The summed E-state index contributed by atoms with van der Waals surface area (Å²) in [5.41, 5.74) is 8.94. The van der Waals surface area contributed by atoms with Gasteiger partial charge in [-0.25, -0.2) is 4.39 Å². The second-order valence-corrected chi connectivity index (χ2v) is 10.3. The lowest BCUT2D eigenvalue weighted by molar-refractivity contribution is -0.135. The third kappa shape index (κ3) is 7.87. The highest BCUT2D eigenvalue weighted by Gasteiger charge is 2.36. The molecule has 3 N–H and O–H groups in total. The molecule has 4 rings (SSSR count). The smallest absolute Gasteiger partial charge is 0.244 e. The van der Waals surface area contributed by atoms with E-state index < -0.39 is 0 Å². The van der Waals surface area contributed by atoms with Gasteiger partial charge in [0.1, 0.15) is 5.82 Å². The van der Waals surface area contributed by atoms with E-state index in [9.17, 15) is 14.0 Å². The third-order valence-electron chi connectivity index (χ3n) is 7.69. The number of halogens is 1. The van der Waals surface area contributed by atoms with Gasteiger partial charge in [0.15, 0.2) is 0 Å². The maximum absolute atomic E-state index is 13.9. The Labute approximate surface area is 236 Å². The molecule has 6 nitrogen and oxygen atoms in total. The number of likely N-dealkylation sites (N-methyl/N-ethyl adjacent to an activating group) is 1. The van der Waals surface area contributed by atoms with Crippen LogP contribution < -0.4 is 11.1 Å². The topological polar surface area (TPSA) is 78.7 Å². The number of carbonyl (C=O) groups excluding carboxylic acids is 2. The first kappa shape index (κ1) is 29.2. The van der Waals surface area contributed by atoms with Crippen molar-refractivity contribution in [3.63, 3.8) is 0 Å². The Hall–Kier alpha value is -3.81. The number of amides is 2. The molecule has 1 aliphatic rings. The van der Waals surface area contributed by atoms with Crippen molar-refractivity contribution in [1.29, 1.82) is 0 Å². The molecule has 210 valence electrons. The molecule has 0 saturated carbocycles. The number of nitrogens with one attached hydrogen (secondary N) is 1. The average Bonchev–Trinajstić information content (AvgIpc) is 3.09. The number of benzene rings is 3. The number of nitrogens with two attached hydrogens (primary N) is 1. The second kappa shape index (κ2) is 14.5. The predicted molar refractivity (Wildman–Crippen MR) is 158 cm³/mol. The van der Waals surface area contributed by atoms with Crippen molar-refractivity contribution < 1.29 is 14.0 Å². The van der Waals surface area contributed by atoms with Crippen molar-refractivity contribution in [3.05, 3.63) is 114 Å². The normalized spacial score (nSPS) is 18.3. The van der Waals surface area contributed by atoms with Crippen molar-refractivity contribution in [2.24, 2.45) is 5.73 Å². The molecule has 3 aromatic rings. The first-order valence-corrected chi connectivity index (χ1v) is 14.0. The molecule has 3 aromatic carbocycles. The van der Waals surface area contributed by atoms with E-state index in [2.05, 4.69) is 34.5 Å². The lowest BCUT2D eigenvalue weighted by Gasteiger charge is -2.33. The highest BCUT2D eigenvalue weighted by atomic mass is 19.1. The van der Waals surface area contributed by atoms with Crippen molar-refractivity contribution in [2.75, 3.05) is 33.2 Å². The lowest BCUT2D eigenvalue weighted by atomic mass is 9.90. The van der Waals surface area contributed by atoms with Crippen LogP contribution in [0, 0.1) is 5.82 Å². The molecule has 1 fully saturated rings. The first-order valence-electron chi connectivity index (χ1n) is 14.0. The molecule has 7 heteroatoms. The van der Waals surface area contributed by atoms with Crippen molar-refractivity contribution in [3.8, 4) is 0 Å². The van der Waals surface area contributed by atoms with Crippen molar-refractivity contribution >= 4 is 17.9 Å². The van der Waals surface area contributed by atoms with E-state index in [4.69, 9.17) is 5.73 Å². The number of nitrogens with zero attached hydrogens (tertiary/aromatic N) is 2. The highest BCUT2D eigenvalue weighted by Crippen LogP contribution is 2.28. The Kier molecular flexibility index (Phi) is 10.6. The van der Waals surface area contributed by atoms with Crippen LogP contribution in [-0.2, 0) is 9.59 Å². The molecular formula is C33H39FN4O2. The highest BCUT2D eigenvalue weighted by molar-refractivity contribution is 5.91. The average molecular weight is 543 g/mol. The fourth-order valence-electron chi connectivity index (χ4n) is 5.34. The molecule has 0 spiro atoms. The molecule has 2 unspecified atom stereocenters. The number of carbonyl (C=O) groups is 2. The van der Waals surface area contributed by atoms with Crippen LogP contribution in [-0.4, -0.2) is 66.9 Å². The summed E-state index contributed by atoms with van der Waals surface area (Å²) in [6.07, 6.45) is 5.26. The second-order valence-electron chi connectivity index (χ2n) is 10.3. The van der Waals surface area contributed by atoms with E-state index in [1.807, 2.05) is 48.3 Å². The monoisotopic (exact) mass is 542 g/mol. The maximum atomic E-state index is 13.9. The number of hydrogen-bond donors (Lipinski definition) is 2. The Morgan fingerprint density at radius 1 is 1.02 bits per heavy atom. The Bertz CT molecular complexity index is 1210. The summed E-state index contributed by atoms with van der Waals surface area (Å²) >= 11 is 0. The minimum Gasteiger partial charge on any atom is -0.351 e. The summed E-state index contributed by atoms with van der Waals surface area (Å²) in [6, 6.07) is 26.3. The minimum atomic E-state index is -0.315. The van der Waals surface area contributed by atoms with Gasteiger partial charge in [-0.3, -0.25) is 14.5 Å². The molecule has 2 atom stereocenters. The van der Waals surface area contributed by atoms with Gasteiger partial charge >= 0.3 is 0 Å². The van der Waals surface area contributed by atoms with E-state index in [0.29, 0.717) is 32.6 Å². The number of rotatable bonds is 11. The van der Waals surface area contributed by atoms with Gasteiger partial charge in [-0.15, -0.1) is 0 Å². The van der Waals surface area contributed by atoms with Crippen molar-refractivity contribution in [1.82, 2.24) is 15.1 Å². The van der Waals surface area contributed by atoms with Crippen LogP contribution in [0.15, 0.2) is 91.0 Å². The van der Waals surface area contributed by atoms with Gasteiger partial charge in [-0.05, 0) is 67.8 Å². The first-order chi connectivity index (χ1) is 19.5. The molecule has 0 bridgehead atoms. The quantitative estimate of drug-likeness (QED) is 0.352. The third-order valence-corrected chi connectivity index (χ3v) is 7.69.